The van der Waals surface area contributed by atoms with Gasteiger partial charge in [0.15, 0.2) is 11.3 Å². The number of hydrogen-bond acceptors (Lipinski definition) is 4. The van der Waals surface area contributed by atoms with Crippen molar-refractivity contribution in [3.05, 3.63) is 28.6 Å². The van der Waals surface area contributed by atoms with E-state index >= 15 is 0 Å². The van der Waals surface area contributed by atoms with Gasteiger partial charge in [0.2, 0.25) is 0 Å². The Morgan fingerprint density at radius 2 is 1.84 bits per heavy atom. The molecule has 0 spiro atoms. The number of furan rings is 1. The van der Waals surface area contributed by atoms with Crippen molar-refractivity contribution in [3.8, 4) is 0 Å². The maximum atomic E-state index is 12.3. The quantitative estimate of drug-likeness (QED) is 0.596. The molecule has 1 aromatic rings. The molecule has 1 N–H and O–H groups in total. The molecule has 5 nitrogen and oxygen atoms in total. The maximum Gasteiger partial charge on any atom is 0.331 e. The fraction of sp³-hybridized carbons (Fsp3) is 0.579. The van der Waals surface area contributed by atoms with Gasteiger partial charge in [0, 0.05) is 11.6 Å². The van der Waals surface area contributed by atoms with Crippen LogP contribution in [-0.4, -0.2) is 24.0 Å². The van der Waals surface area contributed by atoms with E-state index < -0.39 is 5.97 Å². The molecule has 4 bridgehead atoms. The molecule has 5 rings (SSSR count). The highest BCUT2D eigenvalue weighted by Crippen LogP contribution is 2.55. The number of esters is 1. The lowest BCUT2D eigenvalue weighted by Crippen LogP contribution is -2.60. The van der Waals surface area contributed by atoms with Crippen molar-refractivity contribution in [1.29, 1.82) is 0 Å². The minimum atomic E-state index is -0.548. The predicted molar refractivity (Wildman–Crippen MR) is 95.4 cm³/mol. The zero-order chi connectivity index (χ0) is 17.4. The molecule has 0 aliphatic heterocycles. The van der Waals surface area contributed by atoms with Gasteiger partial charge in [0.1, 0.15) is 5.76 Å². The zero-order valence-electron chi connectivity index (χ0n) is 14.0. The number of hydrogen-bond donors (Lipinski definition) is 1. The van der Waals surface area contributed by atoms with E-state index in [4.69, 9.17) is 9.15 Å². The first-order valence-corrected chi connectivity index (χ1v) is 9.70. The largest absolute Gasteiger partial charge is 0.452 e. The standard InChI is InChI=1S/C19H22BrNO4/c20-16-3-1-15(25-16)2-4-18(23)24-11-17(22)21-19-8-12-5-13(9-19)7-14(6-12)10-19/h1-4,12-14H,5-11H2,(H,21,22)/b4-2+. The summed E-state index contributed by atoms with van der Waals surface area (Å²) in [5.41, 5.74) is -0.0471. The van der Waals surface area contributed by atoms with Gasteiger partial charge in [0.25, 0.3) is 5.91 Å². The molecule has 25 heavy (non-hydrogen) atoms. The Kier molecular flexibility index (Phi) is 4.48. The smallest absolute Gasteiger partial charge is 0.331 e. The molecule has 0 unspecified atom stereocenters. The molecule has 1 heterocycles. The molecular weight excluding hydrogens is 386 g/mol. The first kappa shape index (κ1) is 16.9. The SMILES string of the molecule is O=C(COC(=O)/C=C/c1ccc(Br)o1)NC12CC3CC(CC(C3)C1)C2. The summed E-state index contributed by atoms with van der Waals surface area (Å²) in [5, 5.41) is 3.19. The van der Waals surface area contributed by atoms with Gasteiger partial charge in [0.05, 0.1) is 0 Å². The van der Waals surface area contributed by atoms with E-state index in [1.165, 1.54) is 31.4 Å². The van der Waals surface area contributed by atoms with Crippen LogP contribution in [0.3, 0.4) is 0 Å². The fourth-order valence-corrected chi connectivity index (χ4v) is 5.67. The van der Waals surface area contributed by atoms with Gasteiger partial charge in [-0.05, 0) is 90.4 Å². The highest BCUT2D eigenvalue weighted by atomic mass is 79.9. The molecule has 0 radical (unpaired) electrons. The molecule has 4 aliphatic carbocycles. The van der Waals surface area contributed by atoms with Crippen LogP contribution >= 0.6 is 15.9 Å². The van der Waals surface area contributed by atoms with E-state index in [-0.39, 0.29) is 18.1 Å². The van der Waals surface area contributed by atoms with E-state index in [0.717, 1.165) is 37.0 Å². The number of nitrogens with one attached hydrogen (secondary N) is 1. The number of carbonyl (C=O) groups excluding carboxylic acids is 2. The van der Waals surface area contributed by atoms with Crippen molar-refractivity contribution in [2.45, 2.75) is 44.1 Å². The topological polar surface area (TPSA) is 68.5 Å². The van der Waals surface area contributed by atoms with Crippen LogP contribution in [0.5, 0.6) is 0 Å². The monoisotopic (exact) mass is 407 g/mol. The summed E-state index contributed by atoms with van der Waals surface area (Å²) in [6.45, 7) is -0.229. The van der Waals surface area contributed by atoms with Crippen LogP contribution in [0.15, 0.2) is 27.3 Å². The molecule has 0 atom stereocenters. The van der Waals surface area contributed by atoms with Gasteiger partial charge in [-0.1, -0.05) is 0 Å². The van der Waals surface area contributed by atoms with Crippen LogP contribution in [0.25, 0.3) is 6.08 Å². The number of halogens is 1. The molecule has 4 fully saturated rings. The summed E-state index contributed by atoms with van der Waals surface area (Å²) in [4.78, 5) is 24.0. The fourth-order valence-electron chi connectivity index (χ4n) is 5.35. The third-order valence-corrected chi connectivity index (χ3v) is 6.19. The number of amides is 1. The van der Waals surface area contributed by atoms with Crippen LogP contribution in [0, 0.1) is 17.8 Å². The second kappa shape index (κ2) is 6.63. The van der Waals surface area contributed by atoms with E-state index in [9.17, 15) is 9.59 Å². The Balaban J connectivity index is 1.26. The van der Waals surface area contributed by atoms with Gasteiger partial charge < -0.3 is 14.5 Å². The van der Waals surface area contributed by atoms with Crippen molar-refractivity contribution in [3.63, 3.8) is 0 Å². The van der Waals surface area contributed by atoms with Crippen LogP contribution in [-0.2, 0) is 14.3 Å². The highest BCUT2D eigenvalue weighted by Gasteiger charge is 2.51. The summed E-state index contributed by atoms with van der Waals surface area (Å²) in [6.07, 6.45) is 10.0. The Morgan fingerprint density at radius 3 is 2.40 bits per heavy atom. The average molecular weight is 408 g/mol. The Morgan fingerprint density at radius 1 is 1.20 bits per heavy atom. The lowest BCUT2D eigenvalue weighted by atomic mass is 9.53. The number of ether oxygens (including phenoxy) is 1. The minimum absolute atomic E-state index is 0.0471. The molecule has 6 heteroatoms. The lowest BCUT2D eigenvalue weighted by molar-refractivity contribution is -0.145. The molecule has 1 aromatic heterocycles. The molecule has 0 saturated heterocycles. The van der Waals surface area contributed by atoms with Crippen LogP contribution in [0.1, 0.15) is 44.3 Å². The highest BCUT2D eigenvalue weighted by molar-refractivity contribution is 9.10. The maximum absolute atomic E-state index is 12.3. The third-order valence-electron chi connectivity index (χ3n) is 5.77. The molecule has 0 aromatic carbocycles. The molecule has 4 saturated carbocycles. The molecule has 134 valence electrons. The minimum Gasteiger partial charge on any atom is -0.452 e. The van der Waals surface area contributed by atoms with E-state index in [0.29, 0.717) is 10.4 Å². The van der Waals surface area contributed by atoms with Crippen LogP contribution < -0.4 is 5.32 Å². The third kappa shape index (κ3) is 3.84. The van der Waals surface area contributed by atoms with E-state index in [2.05, 4.69) is 21.2 Å². The Hall–Kier alpha value is -1.56. The summed E-state index contributed by atoms with van der Waals surface area (Å²) < 4.78 is 10.9. The lowest BCUT2D eigenvalue weighted by Gasteiger charge is -2.56. The van der Waals surface area contributed by atoms with Crippen LogP contribution in [0.4, 0.5) is 0 Å². The molecular formula is C19H22BrNO4. The van der Waals surface area contributed by atoms with Crippen molar-refractivity contribution in [1.82, 2.24) is 5.32 Å². The van der Waals surface area contributed by atoms with Crippen molar-refractivity contribution in [2.75, 3.05) is 6.61 Å². The normalized spacial score (nSPS) is 32.9. The summed E-state index contributed by atoms with van der Waals surface area (Å²) in [5.74, 6) is 2.11. The van der Waals surface area contributed by atoms with Gasteiger partial charge in [-0.2, -0.15) is 0 Å². The average Bonchev–Trinajstić information content (AvgIpc) is 2.94. The first-order valence-electron chi connectivity index (χ1n) is 8.91. The molecule has 1 amide bonds. The predicted octanol–water partition coefficient (Wildman–Crippen LogP) is 3.68. The van der Waals surface area contributed by atoms with Gasteiger partial charge in [-0.15, -0.1) is 0 Å². The number of rotatable bonds is 5. The second-order valence-corrected chi connectivity index (χ2v) is 8.61. The Bertz CT molecular complexity index is 673. The van der Waals surface area contributed by atoms with E-state index in [1.807, 2.05) is 0 Å². The zero-order valence-corrected chi connectivity index (χ0v) is 15.6. The Labute approximate surface area is 155 Å². The van der Waals surface area contributed by atoms with Crippen molar-refractivity contribution in [2.24, 2.45) is 17.8 Å². The summed E-state index contributed by atoms with van der Waals surface area (Å²) in [6, 6.07) is 3.47. The second-order valence-electron chi connectivity index (χ2n) is 7.83. The first-order chi connectivity index (χ1) is 12.0. The molecule has 4 aliphatic rings. The van der Waals surface area contributed by atoms with Crippen molar-refractivity contribution >= 4 is 33.9 Å². The summed E-state index contributed by atoms with van der Waals surface area (Å²) >= 11 is 3.19. The summed E-state index contributed by atoms with van der Waals surface area (Å²) in [7, 11) is 0. The van der Waals surface area contributed by atoms with Gasteiger partial charge in [-0.25, -0.2) is 4.79 Å². The van der Waals surface area contributed by atoms with Crippen LogP contribution in [0.2, 0.25) is 0 Å². The van der Waals surface area contributed by atoms with Gasteiger partial charge >= 0.3 is 5.97 Å². The van der Waals surface area contributed by atoms with E-state index in [1.54, 1.807) is 12.1 Å². The van der Waals surface area contributed by atoms with Crippen molar-refractivity contribution < 1.29 is 18.7 Å². The number of carbonyl (C=O) groups is 2. The van der Waals surface area contributed by atoms with Gasteiger partial charge in [-0.3, -0.25) is 4.79 Å².